The zero-order chi connectivity index (χ0) is 27.2. The molecule has 2 aromatic carbocycles. The zero-order valence-electron chi connectivity index (χ0n) is 21.5. The second-order valence-corrected chi connectivity index (χ2v) is 10.9. The van der Waals surface area contributed by atoms with Crippen LogP contribution in [0.2, 0.25) is 0 Å². The lowest BCUT2D eigenvalue weighted by atomic mass is 9.93. The van der Waals surface area contributed by atoms with Crippen molar-refractivity contribution in [2.75, 3.05) is 32.1 Å². The van der Waals surface area contributed by atoms with Crippen LogP contribution in [-0.4, -0.2) is 54.5 Å². The summed E-state index contributed by atoms with van der Waals surface area (Å²) < 4.78 is 19.1. The third-order valence-electron chi connectivity index (χ3n) is 7.38. The highest BCUT2D eigenvalue weighted by Gasteiger charge is 2.42. The summed E-state index contributed by atoms with van der Waals surface area (Å²) in [5.41, 5.74) is 3.92. The molecule has 1 fully saturated rings. The minimum atomic E-state index is -1.05. The second kappa shape index (κ2) is 9.62. The molecule has 7 nitrogen and oxygen atoms in total. The monoisotopic (exact) mass is 530 g/mol. The number of rotatable bonds is 6. The first kappa shape index (κ1) is 25.5. The Labute approximate surface area is 224 Å². The Morgan fingerprint density at radius 3 is 2.68 bits per heavy atom. The predicted molar refractivity (Wildman–Crippen MR) is 146 cm³/mol. The normalized spacial score (nSPS) is 13.7. The topological polar surface area (TPSA) is 89.4 Å². The molecule has 0 radical (unpaired) electrons. The van der Waals surface area contributed by atoms with E-state index in [9.17, 15) is 19.2 Å². The average molecular weight is 531 g/mol. The zero-order valence-corrected chi connectivity index (χ0v) is 22.4. The van der Waals surface area contributed by atoms with E-state index in [-0.39, 0.29) is 17.6 Å². The third-order valence-corrected chi connectivity index (χ3v) is 8.20. The summed E-state index contributed by atoms with van der Waals surface area (Å²) in [5.74, 6) is -1.14. The summed E-state index contributed by atoms with van der Waals surface area (Å²) >= 11 is 1.35. The molecule has 0 spiro atoms. The van der Waals surface area contributed by atoms with Gasteiger partial charge in [0.25, 0.3) is 0 Å². The van der Waals surface area contributed by atoms with Crippen molar-refractivity contribution in [3.05, 3.63) is 64.6 Å². The van der Waals surface area contributed by atoms with E-state index in [1.807, 2.05) is 35.7 Å². The van der Waals surface area contributed by atoms with Gasteiger partial charge < -0.3 is 19.5 Å². The number of H-pyrrole nitrogens is 1. The Morgan fingerprint density at radius 2 is 1.97 bits per heavy atom. The first-order valence-corrected chi connectivity index (χ1v) is 13.0. The number of aromatic amines is 1. The molecular formula is C29H27FN4O3S. The van der Waals surface area contributed by atoms with E-state index in [0.717, 1.165) is 33.6 Å². The van der Waals surface area contributed by atoms with Gasteiger partial charge in [0.05, 0.1) is 18.7 Å². The molecule has 0 bridgehead atoms. The summed E-state index contributed by atoms with van der Waals surface area (Å²) in [6.07, 6.45) is 0. The Kier molecular flexibility index (Phi) is 6.45. The van der Waals surface area contributed by atoms with Crippen LogP contribution in [0, 0.1) is 23.1 Å². The number of carbonyl (C=O) groups is 2. The number of nitrogens with one attached hydrogen (secondary N) is 1. The molecular weight excluding hydrogens is 503 g/mol. The SMILES string of the molecule is COC(=O)C(C)(C)N(C)C(=O)C1CN(c2cccc(-c3[nH]c4ccc(F)cc4c3-c3ccsc3C#N)c2)C1. The Bertz CT molecular complexity index is 1590. The lowest BCUT2D eigenvalue weighted by molar-refractivity contribution is -0.159. The third kappa shape index (κ3) is 4.21. The number of amides is 1. The summed E-state index contributed by atoms with van der Waals surface area (Å²) in [5, 5.41) is 12.2. The van der Waals surface area contributed by atoms with Crippen LogP contribution in [0.15, 0.2) is 53.9 Å². The van der Waals surface area contributed by atoms with Gasteiger partial charge >= 0.3 is 5.97 Å². The van der Waals surface area contributed by atoms with Crippen molar-refractivity contribution in [1.82, 2.24) is 9.88 Å². The van der Waals surface area contributed by atoms with Gasteiger partial charge in [-0.15, -0.1) is 11.3 Å². The van der Waals surface area contributed by atoms with Crippen LogP contribution in [0.1, 0.15) is 18.7 Å². The number of fused-ring (bicyclic) bond motifs is 1. The number of esters is 1. The van der Waals surface area contributed by atoms with E-state index < -0.39 is 11.5 Å². The minimum absolute atomic E-state index is 0.103. The molecule has 0 saturated carbocycles. The van der Waals surface area contributed by atoms with Gasteiger partial charge in [0.1, 0.15) is 22.3 Å². The second-order valence-electron chi connectivity index (χ2n) is 9.94. The Balaban J connectivity index is 1.44. The van der Waals surface area contributed by atoms with Crippen LogP contribution in [0.4, 0.5) is 10.1 Å². The summed E-state index contributed by atoms with van der Waals surface area (Å²) in [7, 11) is 2.94. The van der Waals surface area contributed by atoms with Gasteiger partial charge in [-0.05, 0) is 55.6 Å². The number of benzene rings is 2. The van der Waals surface area contributed by atoms with E-state index in [1.165, 1.54) is 35.5 Å². The van der Waals surface area contributed by atoms with Gasteiger partial charge in [-0.2, -0.15) is 5.26 Å². The Hall–Kier alpha value is -4.16. The van der Waals surface area contributed by atoms with Gasteiger partial charge in [-0.25, -0.2) is 9.18 Å². The first-order chi connectivity index (χ1) is 18.1. The molecule has 3 heterocycles. The highest BCUT2D eigenvalue weighted by molar-refractivity contribution is 7.11. The number of carbonyl (C=O) groups excluding carboxylic acids is 2. The maximum absolute atomic E-state index is 14.2. The van der Waals surface area contributed by atoms with Crippen molar-refractivity contribution < 1.29 is 18.7 Å². The molecule has 1 saturated heterocycles. The van der Waals surface area contributed by atoms with Crippen LogP contribution in [0.25, 0.3) is 33.3 Å². The summed E-state index contributed by atoms with van der Waals surface area (Å²) in [6, 6.07) is 16.7. The molecule has 0 unspecified atom stereocenters. The molecule has 0 aliphatic carbocycles. The van der Waals surface area contributed by atoms with Crippen LogP contribution in [0.5, 0.6) is 0 Å². The van der Waals surface area contributed by atoms with Crippen molar-refractivity contribution in [1.29, 1.82) is 5.26 Å². The fourth-order valence-corrected chi connectivity index (χ4v) is 5.58. The lowest BCUT2D eigenvalue weighted by Crippen LogP contribution is -2.59. The van der Waals surface area contributed by atoms with Crippen LogP contribution in [-0.2, 0) is 14.3 Å². The maximum atomic E-state index is 14.2. The van der Waals surface area contributed by atoms with Gasteiger partial charge in [0.2, 0.25) is 5.91 Å². The van der Waals surface area contributed by atoms with E-state index in [4.69, 9.17) is 4.74 Å². The number of aromatic nitrogens is 1. The predicted octanol–water partition coefficient (Wildman–Crippen LogP) is 5.42. The Morgan fingerprint density at radius 1 is 1.21 bits per heavy atom. The van der Waals surface area contributed by atoms with E-state index >= 15 is 0 Å². The quantitative estimate of drug-likeness (QED) is 0.336. The fourth-order valence-electron chi connectivity index (χ4n) is 4.89. The molecule has 4 aromatic rings. The average Bonchev–Trinajstić information content (AvgIpc) is 3.50. The number of thiophene rings is 1. The molecule has 2 aromatic heterocycles. The number of nitrogens with zero attached hydrogens (tertiary/aromatic N) is 3. The van der Waals surface area contributed by atoms with E-state index in [0.29, 0.717) is 23.4 Å². The smallest absolute Gasteiger partial charge is 0.331 e. The fraction of sp³-hybridized carbons (Fsp3) is 0.276. The number of ether oxygens (including phenoxy) is 1. The number of hydrogen-bond acceptors (Lipinski definition) is 6. The van der Waals surface area contributed by atoms with Crippen LogP contribution >= 0.6 is 11.3 Å². The van der Waals surface area contributed by atoms with Gasteiger partial charge in [0.15, 0.2) is 0 Å². The minimum Gasteiger partial charge on any atom is -0.467 e. The number of likely N-dealkylation sites (N-methyl/N-ethyl adjacent to an activating group) is 1. The number of anilines is 1. The molecule has 9 heteroatoms. The number of hydrogen-bond donors (Lipinski definition) is 1. The van der Waals surface area contributed by atoms with E-state index in [2.05, 4.69) is 16.0 Å². The summed E-state index contributed by atoms with van der Waals surface area (Å²) in [4.78, 5) is 32.8. The van der Waals surface area contributed by atoms with E-state index in [1.54, 1.807) is 27.0 Å². The van der Waals surface area contributed by atoms with Crippen molar-refractivity contribution in [2.45, 2.75) is 19.4 Å². The number of nitriles is 1. The molecule has 1 amide bonds. The lowest BCUT2D eigenvalue weighted by Gasteiger charge is -2.44. The number of halogens is 1. The molecule has 194 valence electrons. The van der Waals surface area contributed by atoms with Crippen molar-refractivity contribution in [3.8, 4) is 28.5 Å². The largest absolute Gasteiger partial charge is 0.467 e. The molecule has 38 heavy (non-hydrogen) atoms. The number of methoxy groups -OCH3 is 1. The molecule has 1 aliphatic heterocycles. The standard InChI is InChI=1S/C29H27FN4O3S/c1-29(2,28(36)37-4)33(3)27(35)18-15-34(16-18)20-7-5-6-17(12-20)26-25(21-10-11-38-24(21)14-31)22-13-19(30)8-9-23(22)32-26/h5-13,18,32H,15-16H2,1-4H3. The highest BCUT2D eigenvalue weighted by Crippen LogP contribution is 2.42. The molecule has 0 atom stereocenters. The van der Waals surface area contributed by atoms with Gasteiger partial charge in [0, 0.05) is 53.4 Å². The van der Waals surface area contributed by atoms with Crippen LogP contribution in [0.3, 0.4) is 0 Å². The first-order valence-electron chi connectivity index (χ1n) is 12.2. The van der Waals surface area contributed by atoms with Gasteiger partial charge in [-0.3, -0.25) is 4.79 Å². The van der Waals surface area contributed by atoms with Crippen LogP contribution < -0.4 is 4.90 Å². The maximum Gasteiger partial charge on any atom is 0.331 e. The molecule has 1 N–H and O–H groups in total. The van der Waals surface area contributed by atoms with Crippen molar-refractivity contribution in [3.63, 3.8) is 0 Å². The summed E-state index contributed by atoms with van der Waals surface area (Å²) in [6.45, 7) is 4.40. The molecule has 1 aliphatic rings. The highest BCUT2D eigenvalue weighted by atomic mass is 32.1. The molecule has 5 rings (SSSR count). The van der Waals surface area contributed by atoms with Crippen molar-refractivity contribution >= 4 is 39.8 Å². The van der Waals surface area contributed by atoms with Gasteiger partial charge in [-0.1, -0.05) is 12.1 Å². The van der Waals surface area contributed by atoms with Crippen molar-refractivity contribution in [2.24, 2.45) is 5.92 Å².